The van der Waals surface area contributed by atoms with Crippen LogP contribution in [0.4, 0.5) is 0 Å². The van der Waals surface area contributed by atoms with Crippen LogP contribution in [0.5, 0.6) is 5.75 Å². The second-order valence-corrected chi connectivity index (χ2v) is 10.5. The van der Waals surface area contributed by atoms with E-state index in [0.717, 1.165) is 18.4 Å². The number of nitrogens with zero attached hydrogens (tertiary/aromatic N) is 1. The fourth-order valence-electron chi connectivity index (χ4n) is 4.27. The number of carboxylic acids is 1. The maximum Gasteiger partial charge on any atom is 0.341 e. The van der Waals surface area contributed by atoms with Crippen molar-refractivity contribution in [2.24, 2.45) is 0 Å². The molecule has 1 aliphatic heterocycles. The van der Waals surface area contributed by atoms with Gasteiger partial charge in [-0.1, -0.05) is 6.92 Å². The molecule has 32 heavy (non-hydrogen) atoms. The van der Waals surface area contributed by atoms with Crippen molar-refractivity contribution in [2.75, 3.05) is 20.3 Å². The first kappa shape index (κ1) is 22.5. The van der Waals surface area contributed by atoms with Crippen molar-refractivity contribution < 1.29 is 27.8 Å². The van der Waals surface area contributed by atoms with Crippen LogP contribution in [0.1, 0.15) is 65.9 Å². The van der Waals surface area contributed by atoms with Crippen molar-refractivity contribution in [1.82, 2.24) is 4.57 Å². The summed E-state index contributed by atoms with van der Waals surface area (Å²) in [7, 11) is -2.20. The average molecular weight is 462 g/mol. The van der Waals surface area contributed by atoms with E-state index in [0.29, 0.717) is 48.6 Å². The lowest BCUT2D eigenvalue weighted by Gasteiger charge is -2.29. The molecule has 0 bridgehead atoms. The monoisotopic (exact) mass is 461 g/mol. The third kappa shape index (κ3) is 3.63. The van der Waals surface area contributed by atoms with Gasteiger partial charge in [-0.2, -0.15) is 0 Å². The highest BCUT2D eigenvalue weighted by Gasteiger charge is 2.41. The minimum absolute atomic E-state index is 0.119. The largest absolute Gasteiger partial charge is 0.493 e. The number of ether oxygens (including phenoxy) is 2. The van der Waals surface area contributed by atoms with Crippen molar-refractivity contribution in [3.8, 4) is 17.0 Å². The van der Waals surface area contributed by atoms with Gasteiger partial charge in [0, 0.05) is 31.7 Å². The number of hydrogen-bond acceptors (Lipinski definition) is 6. The standard InChI is InChI=1S/C23H27NO7S/c1-4-14-10-17-20(12-19(14)31-9-5-8-30-3)32(28,29)13(2)16-11-18(23(26)27)22(25)24(21(16)17)15-6-7-15/h10-13,15H,4-9H2,1-3H3,(H,26,27). The molecule has 0 spiro atoms. The number of benzene rings is 1. The molecule has 4 rings (SSSR count). The number of sulfone groups is 1. The number of hydrogen-bond donors (Lipinski definition) is 1. The zero-order valence-electron chi connectivity index (χ0n) is 18.4. The SMILES string of the molecule is CCc1cc2c(cc1OCCCOC)S(=O)(=O)C(C)c1cc(C(=O)O)c(=O)n(C3CC3)c1-2. The van der Waals surface area contributed by atoms with E-state index in [4.69, 9.17) is 9.47 Å². The molecule has 1 fully saturated rings. The second-order valence-electron chi connectivity index (χ2n) is 8.27. The first-order valence-electron chi connectivity index (χ1n) is 10.8. The van der Waals surface area contributed by atoms with Crippen molar-refractivity contribution in [1.29, 1.82) is 0 Å². The minimum Gasteiger partial charge on any atom is -0.493 e. The lowest BCUT2D eigenvalue weighted by Crippen LogP contribution is -2.32. The highest BCUT2D eigenvalue weighted by molar-refractivity contribution is 7.92. The van der Waals surface area contributed by atoms with Crippen LogP contribution in [0.3, 0.4) is 0 Å². The highest BCUT2D eigenvalue weighted by atomic mass is 32.2. The maximum atomic E-state index is 13.4. The third-order valence-electron chi connectivity index (χ3n) is 6.16. The molecule has 8 nitrogen and oxygen atoms in total. The number of fused-ring (bicyclic) bond motifs is 3. The summed E-state index contributed by atoms with van der Waals surface area (Å²) in [6.07, 6.45) is 2.79. The van der Waals surface area contributed by atoms with Gasteiger partial charge in [0.05, 0.1) is 22.4 Å². The van der Waals surface area contributed by atoms with Crippen LogP contribution in [0.15, 0.2) is 27.9 Å². The van der Waals surface area contributed by atoms with E-state index < -0.39 is 32.2 Å². The number of carboxylic acid groups (broad SMARTS) is 1. The van der Waals surface area contributed by atoms with Crippen LogP contribution < -0.4 is 10.3 Å². The van der Waals surface area contributed by atoms with Gasteiger partial charge < -0.3 is 19.1 Å². The molecule has 1 aromatic carbocycles. The molecule has 1 saturated carbocycles. The van der Waals surface area contributed by atoms with E-state index in [9.17, 15) is 23.1 Å². The summed E-state index contributed by atoms with van der Waals surface area (Å²) in [5, 5.41) is 8.57. The van der Waals surface area contributed by atoms with E-state index in [1.807, 2.05) is 6.92 Å². The number of methoxy groups -OCH3 is 1. The van der Waals surface area contributed by atoms with Gasteiger partial charge in [-0.05, 0) is 55.5 Å². The molecule has 0 radical (unpaired) electrons. The lowest BCUT2D eigenvalue weighted by molar-refractivity contribution is 0.0694. The number of carbonyl (C=O) groups is 1. The summed E-state index contributed by atoms with van der Waals surface area (Å²) in [6, 6.07) is 4.46. The van der Waals surface area contributed by atoms with Crippen molar-refractivity contribution in [3.05, 3.63) is 45.2 Å². The Labute approximate surface area is 186 Å². The van der Waals surface area contributed by atoms with Crippen molar-refractivity contribution in [3.63, 3.8) is 0 Å². The molecule has 2 aromatic rings. The van der Waals surface area contributed by atoms with Gasteiger partial charge in [0.25, 0.3) is 5.56 Å². The van der Waals surface area contributed by atoms with Gasteiger partial charge in [-0.25, -0.2) is 13.2 Å². The summed E-state index contributed by atoms with van der Waals surface area (Å²) >= 11 is 0. The highest BCUT2D eigenvalue weighted by Crippen LogP contribution is 2.49. The second kappa shape index (κ2) is 8.37. The van der Waals surface area contributed by atoms with Crippen LogP contribution in [0, 0.1) is 0 Å². The molecular formula is C23H27NO7S. The van der Waals surface area contributed by atoms with Crippen LogP contribution in [-0.4, -0.2) is 44.4 Å². The van der Waals surface area contributed by atoms with Crippen LogP contribution >= 0.6 is 0 Å². The predicted molar refractivity (Wildman–Crippen MR) is 118 cm³/mol. The van der Waals surface area contributed by atoms with E-state index in [1.165, 1.54) is 17.6 Å². The van der Waals surface area contributed by atoms with Gasteiger partial charge in [-0.3, -0.25) is 4.79 Å². The summed E-state index contributed by atoms with van der Waals surface area (Å²) in [4.78, 5) is 24.9. The van der Waals surface area contributed by atoms with Crippen molar-refractivity contribution in [2.45, 2.75) is 55.7 Å². The lowest BCUT2D eigenvalue weighted by atomic mass is 9.97. The maximum absolute atomic E-state index is 13.4. The summed E-state index contributed by atoms with van der Waals surface area (Å²) < 4.78 is 39.3. The number of aromatic nitrogens is 1. The Morgan fingerprint density at radius 1 is 1.22 bits per heavy atom. The van der Waals surface area contributed by atoms with E-state index in [2.05, 4.69) is 0 Å². The Hall–Kier alpha value is -2.65. The number of aryl methyl sites for hydroxylation is 1. The Balaban J connectivity index is 1.97. The van der Waals surface area contributed by atoms with Crippen LogP contribution in [0.25, 0.3) is 11.3 Å². The molecule has 0 saturated heterocycles. The molecular weight excluding hydrogens is 434 g/mol. The first-order chi connectivity index (χ1) is 15.2. The zero-order valence-corrected chi connectivity index (χ0v) is 19.2. The molecule has 1 N–H and O–H groups in total. The Kier molecular flexibility index (Phi) is 5.89. The number of pyridine rings is 1. The normalized spacial score (nSPS) is 18.7. The van der Waals surface area contributed by atoms with E-state index in [1.54, 1.807) is 19.2 Å². The van der Waals surface area contributed by atoms with Gasteiger partial charge in [0.1, 0.15) is 11.3 Å². The third-order valence-corrected chi connectivity index (χ3v) is 8.30. The predicted octanol–water partition coefficient (Wildman–Crippen LogP) is 3.37. The molecule has 9 heteroatoms. The van der Waals surface area contributed by atoms with Gasteiger partial charge >= 0.3 is 5.97 Å². The molecule has 172 valence electrons. The fourth-order valence-corrected chi connectivity index (χ4v) is 5.89. The Morgan fingerprint density at radius 3 is 2.53 bits per heavy atom. The number of aromatic carboxylic acids is 1. The number of rotatable bonds is 8. The first-order valence-corrected chi connectivity index (χ1v) is 12.3. The van der Waals surface area contributed by atoms with Crippen molar-refractivity contribution >= 4 is 15.8 Å². The van der Waals surface area contributed by atoms with Crippen LogP contribution in [0.2, 0.25) is 0 Å². The van der Waals surface area contributed by atoms with Gasteiger partial charge in [0.2, 0.25) is 0 Å². The molecule has 0 amide bonds. The smallest absolute Gasteiger partial charge is 0.341 e. The van der Waals surface area contributed by atoms with E-state index >= 15 is 0 Å². The average Bonchev–Trinajstić information content (AvgIpc) is 3.59. The summed E-state index contributed by atoms with van der Waals surface area (Å²) in [6.45, 7) is 4.42. The summed E-state index contributed by atoms with van der Waals surface area (Å²) in [5.74, 6) is -0.847. The summed E-state index contributed by atoms with van der Waals surface area (Å²) in [5.41, 5.74) is 1.16. The Bertz CT molecular complexity index is 1240. The molecule has 2 aliphatic rings. The molecule has 1 atom stereocenters. The molecule has 1 unspecified atom stereocenters. The fraction of sp³-hybridized carbons (Fsp3) is 0.478. The molecule has 1 aliphatic carbocycles. The zero-order chi connectivity index (χ0) is 23.2. The Morgan fingerprint density at radius 2 is 1.94 bits per heavy atom. The molecule has 2 heterocycles. The van der Waals surface area contributed by atoms with Gasteiger partial charge in [-0.15, -0.1) is 0 Å². The topological polar surface area (TPSA) is 112 Å². The quantitative estimate of drug-likeness (QED) is 0.600. The van der Waals surface area contributed by atoms with Crippen LogP contribution in [-0.2, 0) is 21.0 Å². The van der Waals surface area contributed by atoms with Gasteiger partial charge in [0.15, 0.2) is 9.84 Å². The minimum atomic E-state index is -3.81. The van der Waals surface area contributed by atoms with E-state index in [-0.39, 0.29) is 10.9 Å². The molecule has 1 aromatic heterocycles.